The SMILES string of the molecule is O=C(CN(c1cc(Cl)cc(Cl)c1)S(=O)(=O)c1ccccc1)NCc1cccc2ccccc12. The minimum atomic E-state index is -4.05. The van der Waals surface area contributed by atoms with Crippen LogP contribution in [-0.4, -0.2) is 20.9 Å². The molecule has 33 heavy (non-hydrogen) atoms. The van der Waals surface area contributed by atoms with Gasteiger partial charge in [0.25, 0.3) is 10.0 Å². The molecule has 0 heterocycles. The molecule has 0 aliphatic rings. The van der Waals surface area contributed by atoms with Crippen LogP contribution in [0.2, 0.25) is 10.0 Å². The van der Waals surface area contributed by atoms with Crippen molar-refractivity contribution in [2.24, 2.45) is 0 Å². The number of hydrogen-bond donors (Lipinski definition) is 1. The van der Waals surface area contributed by atoms with Crippen LogP contribution in [0.25, 0.3) is 10.8 Å². The second-order valence-corrected chi connectivity index (χ2v) is 10.1. The van der Waals surface area contributed by atoms with E-state index < -0.39 is 22.5 Å². The molecule has 0 atom stereocenters. The quantitative estimate of drug-likeness (QED) is 0.357. The number of halogens is 2. The monoisotopic (exact) mass is 498 g/mol. The first-order valence-corrected chi connectivity index (χ1v) is 12.3. The van der Waals surface area contributed by atoms with Gasteiger partial charge in [0.2, 0.25) is 5.91 Å². The lowest BCUT2D eigenvalue weighted by Crippen LogP contribution is -2.40. The summed E-state index contributed by atoms with van der Waals surface area (Å²) in [5.74, 6) is -0.460. The zero-order valence-electron chi connectivity index (χ0n) is 17.4. The lowest BCUT2D eigenvalue weighted by atomic mass is 10.0. The van der Waals surface area contributed by atoms with Gasteiger partial charge >= 0.3 is 0 Å². The van der Waals surface area contributed by atoms with E-state index in [1.807, 2.05) is 42.5 Å². The van der Waals surface area contributed by atoms with Crippen LogP contribution in [0.3, 0.4) is 0 Å². The van der Waals surface area contributed by atoms with E-state index in [0.717, 1.165) is 20.6 Å². The lowest BCUT2D eigenvalue weighted by Gasteiger charge is -2.24. The summed E-state index contributed by atoms with van der Waals surface area (Å²) >= 11 is 12.2. The molecule has 4 aromatic carbocycles. The zero-order valence-corrected chi connectivity index (χ0v) is 19.7. The Morgan fingerprint density at radius 3 is 2.18 bits per heavy atom. The number of rotatable bonds is 7. The number of benzene rings is 4. The Morgan fingerprint density at radius 1 is 0.818 bits per heavy atom. The standard InChI is InChI=1S/C25H20Cl2N2O3S/c26-20-13-21(27)15-22(14-20)29(33(31,32)23-10-2-1-3-11-23)17-25(30)28-16-19-9-6-8-18-7-4-5-12-24(18)19/h1-15H,16-17H2,(H,28,30). The van der Waals surface area contributed by atoms with Crippen molar-refractivity contribution < 1.29 is 13.2 Å². The topological polar surface area (TPSA) is 66.5 Å². The Morgan fingerprint density at radius 2 is 1.45 bits per heavy atom. The molecule has 4 rings (SSSR count). The van der Waals surface area contributed by atoms with Gasteiger partial charge in [-0.2, -0.15) is 0 Å². The average molecular weight is 499 g/mol. The van der Waals surface area contributed by atoms with Crippen molar-refractivity contribution in [3.8, 4) is 0 Å². The van der Waals surface area contributed by atoms with Gasteiger partial charge in [-0.15, -0.1) is 0 Å². The van der Waals surface area contributed by atoms with Crippen molar-refractivity contribution in [2.45, 2.75) is 11.4 Å². The summed E-state index contributed by atoms with van der Waals surface area (Å²) in [6.45, 7) is -0.172. The first-order chi connectivity index (χ1) is 15.8. The average Bonchev–Trinajstić information content (AvgIpc) is 2.81. The van der Waals surface area contributed by atoms with Crippen molar-refractivity contribution in [2.75, 3.05) is 10.8 Å². The lowest BCUT2D eigenvalue weighted by molar-refractivity contribution is -0.119. The molecule has 0 spiro atoms. The Hall–Kier alpha value is -3.06. The third-order valence-electron chi connectivity index (χ3n) is 5.11. The molecule has 0 aliphatic heterocycles. The number of sulfonamides is 1. The molecule has 5 nitrogen and oxygen atoms in total. The van der Waals surface area contributed by atoms with Gasteiger partial charge in [0.05, 0.1) is 10.6 Å². The summed E-state index contributed by atoms with van der Waals surface area (Å²) in [6, 6.07) is 26.1. The van der Waals surface area contributed by atoms with Crippen LogP contribution in [0.1, 0.15) is 5.56 Å². The van der Waals surface area contributed by atoms with Crippen molar-refractivity contribution >= 4 is 55.6 Å². The molecule has 0 saturated carbocycles. The van der Waals surface area contributed by atoms with Gasteiger partial charge in [0.15, 0.2) is 0 Å². The fourth-order valence-electron chi connectivity index (χ4n) is 3.54. The summed E-state index contributed by atoms with van der Waals surface area (Å²) in [7, 11) is -4.05. The summed E-state index contributed by atoms with van der Waals surface area (Å²) < 4.78 is 27.8. The third kappa shape index (κ3) is 5.30. The number of nitrogens with zero attached hydrogens (tertiary/aromatic N) is 1. The van der Waals surface area contributed by atoms with Crippen LogP contribution in [0.5, 0.6) is 0 Å². The van der Waals surface area contributed by atoms with Gasteiger partial charge in [0.1, 0.15) is 6.54 Å². The fraction of sp³-hybridized carbons (Fsp3) is 0.0800. The van der Waals surface area contributed by atoms with E-state index >= 15 is 0 Å². The number of carbonyl (C=O) groups excluding carboxylic acids is 1. The van der Waals surface area contributed by atoms with E-state index in [1.54, 1.807) is 18.2 Å². The fourth-order valence-corrected chi connectivity index (χ4v) is 5.49. The molecule has 0 aromatic heterocycles. The smallest absolute Gasteiger partial charge is 0.264 e. The number of hydrogen-bond acceptors (Lipinski definition) is 3. The zero-order chi connectivity index (χ0) is 23.4. The van der Waals surface area contributed by atoms with Crippen LogP contribution in [0.4, 0.5) is 5.69 Å². The Balaban J connectivity index is 1.61. The molecular weight excluding hydrogens is 479 g/mol. The highest BCUT2D eigenvalue weighted by Gasteiger charge is 2.27. The van der Waals surface area contributed by atoms with Crippen molar-refractivity contribution in [1.29, 1.82) is 0 Å². The second-order valence-electron chi connectivity index (χ2n) is 7.37. The maximum Gasteiger partial charge on any atom is 0.264 e. The van der Waals surface area contributed by atoms with Crippen LogP contribution in [0, 0.1) is 0 Å². The summed E-state index contributed by atoms with van der Waals surface area (Å²) in [4.78, 5) is 13.0. The summed E-state index contributed by atoms with van der Waals surface area (Å²) in [5.41, 5.74) is 1.14. The largest absolute Gasteiger partial charge is 0.350 e. The molecule has 1 amide bonds. The summed E-state index contributed by atoms with van der Waals surface area (Å²) in [5, 5.41) is 5.45. The van der Waals surface area contributed by atoms with Gasteiger partial charge in [0, 0.05) is 16.6 Å². The highest BCUT2D eigenvalue weighted by atomic mass is 35.5. The van der Waals surface area contributed by atoms with Crippen molar-refractivity contribution in [3.05, 3.63) is 107 Å². The van der Waals surface area contributed by atoms with E-state index in [-0.39, 0.29) is 27.2 Å². The van der Waals surface area contributed by atoms with E-state index in [9.17, 15) is 13.2 Å². The molecule has 0 bridgehead atoms. The van der Waals surface area contributed by atoms with Crippen LogP contribution in [-0.2, 0) is 21.4 Å². The minimum Gasteiger partial charge on any atom is -0.350 e. The Labute approximate surface area is 202 Å². The Bertz CT molecular complexity index is 1380. The number of anilines is 1. The molecule has 0 saturated heterocycles. The Kier molecular flexibility index (Phi) is 6.88. The van der Waals surface area contributed by atoms with E-state index in [2.05, 4.69) is 5.32 Å². The van der Waals surface area contributed by atoms with Gasteiger partial charge in [-0.3, -0.25) is 9.10 Å². The number of fused-ring (bicyclic) bond motifs is 1. The van der Waals surface area contributed by atoms with E-state index in [0.29, 0.717) is 0 Å². The molecule has 1 N–H and O–H groups in total. The predicted molar refractivity (Wildman–Crippen MR) is 133 cm³/mol. The van der Waals surface area contributed by atoms with E-state index in [4.69, 9.17) is 23.2 Å². The molecule has 8 heteroatoms. The van der Waals surface area contributed by atoms with Gasteiger partial charge in [-0.1, -0.05) is 83.9 Å². The maximum absolute atomic E-state index is 13.4. The summed E-state index contributed by atoms with van der Waals surface area (Å²) in [6.07, 6.45) is 0. The van der Waals surface area contributed by atoms with Crippen molar-refractivity contribution in [1.82, 2.24) is 5.32 Å². The number of amides is 1. The molecule has 0 unspecified atom stereocenters. The second kappa shape index (κ2) is 9.83. The van der Waals surface area contributed by atoms with Gasteiger partial charge in [-0.05, 0) is 46.7 Å². The molecule has 0 fully saturated rings. The number of carbonyl (C=O) groups is 1. The molecule has 0 aliphatic carbocycles. The van der Waals surface area contributed by atoms with Crippen LogP contribution >= 0.6 is 23.2 Å². The van der Waals surface area contributed by atoms with Crippen LogP contribution < -0.4 is 9.62 Å². The molecule has 4 aromatic rings. The maximum atomic E-state index is 13.4. The van der Waals surface area contributed by atoms with E-state index in [1.165, 1.54) is 30.3 Å². The highest BCUT2D eigenvalue weighted by Crippen LogP contribution is 2.29. The molecule has 0 radical (unpaired) electrons. The highest BCUT2D eigenvalue weighted by molar-refractivity contribution is 7.92. The normalized spacial score (nSPS) is 11.3. The molecule has 168 valence electrons. The third-order valence-corrected chi connectivity index (χ3v) is 7.33. The first kappa shape index (κ1) is 23.1. The minimum absolute atomic E-state index is 0.0583. The number of nitrogens with one attached hydrogen (secondary N) is 1. The molecular formula is C25H20Cl2N2O3S. The van der Waals surface area contributed by atoms with Gasteiger partial charge in [-0.25, -0.2) is 8.42 Å². The van der Waals surface area contributed by atoms with Crippen LogP contribution in [0.15, 0.2) is 95.9 Å². The predicted octanol–water partition coefficient (Wildman–Crippen LogP) is 5.66. The van der Waals surface area contributed by atoms with Crippen molar-refractivity contribution in [3.63, 3.8) is 0 Å². The van der Waals surface area contributed by atoms with Gasteiger partial charge < -0.3 is 5.32 Å². The first-order valence-electron chi connectivity index (χ1n) is 10.1.